The van der Waals surface area contributed by atoms with Crippen LogP contribution in [0.4, 0.5) is 17.6 Å². The molecule has 30 heavy (non-hydrogen) atoms. The van der Waals surface area contributed by atoms with Gasteiger partial charge in [-0.3, -0.25) is 24.0 Å². The van der Waals surface area contributed by atoms with Crippen LogP contribution in [0.3, 0.4) is 0 Å². The fourth-order valence-corrected chi connectivity index (χ4v) is 4.73. The third-order valence-electron chi connectivity index (χ3n) is 6.30. The van der Waals surface area contributed by atoms with Crippen molar-refractivity contribution in [1.29, 1.82) is 0 Å². The van der Waals surface area contributed by atoms with Gasteiger partial charge in [-0.25, -0.2) is 9.18 Å². The average Bonchev–Trinajstić information content (AvgIpc) is 3.37. The summed E-state index contributed by atoms with van der Waals surface area (Å²) in [6, 6.07) is -1.54. The summed E-state index contributed by atoms with van der Waals surface area (Å²) in [5.74, 6) is -1.25. The molecule has 2 aliphatic carbocycles. The van der Waals surface area contributed by atoms with Gasteiger partial charge in [0.05, 0.1) is 18.2 Å². The van der Waals surface area contributed by atoms with Crippen LogP contribution >= 0.6 is 0 Å². The van der Waals surface area contributed by atoms with Crippen LogP contribution in [-0.2, 0) is 4.74 Å². The zero-order chi connectivity index (χ0) is 21.8. The predicted molar refractivity (Wildman–Crippen MR) is 101 cm³/mol. The zero-order valence-electron chi connectivity index (χ0n) is 16.4. The van der Waals surface area contributed by atoms with Crippen LogP contribution in [0.1, 0.15) is 49.4 Å². The fraction of sp³-hybridized carbons (Fsp3) is 0.684. The Bertz CT molecular complexity index is 966. The summed E-state index contributed by atoms with van der Waals surface area (Å²) in [6.07, 6.45) is -1.41. The molecule has 2 fully saturated rings. The smallest absolute Gasteiger partial charge is 0.325 e. The molecule has 1 saturated heterocycles. The van der Waals surface area contributed by atoms with E-state index in [-0.39, 0.29) is 17.5 Å². The number of aromatic amines is 1. The first kappa shape index (κ1) is 21.3. The van der Waals surface area contributed by atoms with Crippen molar-refractivity contribution in [2.24, 2.45) is 11.7 Å². The highest BCUT2D eigenvalue weighted by atomic mass is 19.4. The number of aromatic nitrogens is 2. The molecule has 166 valence electrons. The lowest BCUT2D eigenvalue weighted by molar-refractivity contribution is -0.326. The van der Waals surface area contributed by atoms with E-state index in [0.29, 0.717) is 25.2 Å². The summed E-state index contributed by atoms with van der Waals surface area (Å²) in [4.78, 5) is 28.8. The standard InChI is InChI=1S/C19H24F4N4O3/c1-9-15-12(17(28)25-18(29)27(15)11-2-3-11)6-13(20)16(9)26-5-4-10(7-26)14(24)8-30-19(21,22)23/h6,9-11,14,16H,2-5,7-8,24H2,1H3,(H,25,28,29). The zero-order valence-corrected chi connectivity index (χ0v) is 16.4. The molecule has 1 aromatic heterocycles. The minimum atomic E-state index is -4.74. The molecule has 2 heterocycles. The van der Waals surface area contributed by atoms with Crippen molar-refractivity contribution in [3.05, 3.63) is 37.9 Å². The number of H-pyrrole nitrogens is 1. The van der Waals surface area contributed by atoms with E-state index in [1.807, 2.05) is 4.90 Å². The maximum absolute atomic E-state index is 15.1. The minimum Gasteiger partial charge on any atom is -0.325 e. The summed E-state index contributed by atoms with van der Waals surface area (Å²) >= 11 is 0. The van der Waals surface area contributed by atoms with Crippen LogP contribution in [-0.4, -0.2) is 52.6 Å². The molecule has 3 N–H and O–H groups in total. The van der Waals surface area contributed by atoms with E-state index in [9.17, 15) is 22.8 Å². The summed E-state index contributed by atoms with van der Waals surface area (Å²) in [5.41, 5.74) is 5.46. The van der Waals surface area contributed by atoms with Crippen molar-refractivity contribution in [3.8, 4) is 0 Å². The molecule has 4 rings (SSSR count). The molecule has 0 spiro atoms. The molecule has 0 radical (unpaired) electrons. The number of likely N-dealkylation sites (tertiary alicyclic amines) is 1. The Hall–Kier alpha value is -1.98. The minimum absolute atomic E-state index is 0.0000253. The summed E-state index contributed by atoms with van der Waals surface area (Å²) in [7, 11) is 0. The van der Waals surface area contributed by atoms with Gasteiger partial charge in [-0.1, -0.05) is 6.92 Å². The third-order valence-corrected chi connectivity index (χ3v) is 6.30. The molecule has 0 aromatic carbocycles. The first-order valence-electron chi connectivity index (χ1n) is 10.0. The molecule has 1 aromatic rings. The molecule has 1 saturated carbocycles. The second kappa shape index (κ2) is 7.61. The average molecular weight is 432 g/mol. The number of hydrogen-bond donors (Lipinski definition) is 2. The second-order valence-corrected chi connectivity index (χ2v) is 8.39. The molecule has 3 aliphatic rings. The Labute approximate surface area is 169 Å². The van der Waals surface area contributed by atoms with Gasteiger partial charge in [0, 0.05) is 30.2 Å². The van der Waals surface area contributed by atoms with Gasteiger partial charge in [0.1, 0.15) is 5.83 Å². The van der Waals surface area contributed by atoms with Crippen LogP contribution in [0.15, 0.2) is 15.4 Å². The van der Waals surface area contributed by atoms with Gasteiger partial charge in [0.25, 0.3) is 5.56 Å². The van der Waals surface area contributed by atoms with Crippen LogP contribution in [0.25, 0.3) is 6.08 Å². The Kier molecular flexibility index (Phi) is 5.39. The van der Waals surface area contributed by atoms with Crippen molar-refractivity contribution < 1.29 is 22.3 Å². The van der Waals surface area contributed by atoms with E-state index in [2.05, 4.69) is 9.72 Å². The Balaban J connectivity index is 1.57. The van der Waals surface area contributed by atoms with Gasteiger partial charge in [0.15, 0.2) is 0 Å². The van der Waals surface area contributed by atoms with Crippen molar-refractivity contribution in [2.75, 3.05) is 19.7 Å². The molecule has 4 unspecified atom stereocenters. The molecule has 7 nitrogen and oxygen atoms in total. The van der Waals surface area contributed by atoms with E-state index in [4.69, 9.17) is 5.73 Å². The highest BCUT2D eigenvalue weighted by Gasteiger charge is 2.42. The Morgan fingerprint density at radius 1 is 1.30 bits per heavy atom. The first-order valence-corrected chi connectivity index (χ1v) is 10.0. The number of nitrogens with two attached hydrogens (primary N) is 1. The van der Waals surface area contributed by atoms with Crippen molar-refractivity contribution in [2.45, 2.75) is 56.6 Å². The van der Waals surface area contributed by atoms with Crippen LogP contribution < -0.4 is 17.0 Å². The van der Waals surface area contributed by atoms with E-state index < -0.39 is 48.0 Å². The molecule has 1 aliphatic heterocycles. The van der Waals surface area contributed by atoms with E-state index in [1.54, 1.807) is 11.5 Å². The lowest BCUT2D eigenvalue weighted by atomic mass is 9.87. The van der Waals surface area contributed by atoms with Crippen molar-refractivity contribution in [3.63, 3.8) is 0 Å². The molecular formula is C19H24F4N4O3. The highest BCUT2D eigenvalue weighted by molar-refractivity contribution is 5.59. The van der Waals surface area contributed by atoms with Gasteiger partial charge in [-0.2, -0.15) is 0 Å². The van der Waals surface area contributed by atoms with Crippen LogP contribution in [0.5, 0.6) is 0 Å². The molecule has 0 amide bonds. The number of nitrogens with zero attached hydrogens (tertiary/aromatic N) is 2. The van der Waals surface area contributed by atoms with Gasteiger partial charge >= 0.3 is 12.1 Å². The first-order chi connectivity index (χ1) is 14.1. The van der Waals surface area contributed by atoms with Gasteiger partial charge in [0.2, 0.25) is 0 Å². The summed E-state index contributed by atoms with van der Waals surface area (Å²) in [6.45, 7) is 1.88. The van der Waals surface area contributed by atoms with Crippen LogP contribution in [0.2, 0.25) is 0 Å². The van der Waals surface area contributed by atoms with E-state index >= 15 is 4.39 Å². The van der Waals surface area contributed by atoms with Crippen molar-refractivity contribution in [1.82, 2.24) is 14.5 Å². The lowest BCUT2D eigenvalue weighted by Gasteiger charge is -2.36. The van der Waals surface area contributed by atoms with E-state index in [1.165, 1.54) is 6.08 Å². The summed E-state index contributed by atoms with van der Waals surface area (Å²) < 4.78 is 57.3. The Morgan fingerprint density at radius 3 is 2.63 bits per heavy atom. The third kappa shape index (κ3) is 3.97. The number of rotatable bonds is 5. The number of nitrogens with one attached hydrogen (secondary N) is 1. The maximum Gasteiger partial charge on any atom is 0.522 e. The highest BCUT2D eigenvalue weighted by Crippen LogP contribution is 2.42. The second-order valence-electron chi connectivity index (χ2n) is 8.39. The monoisotopic (exact) mass is 432 g/mol. The number of fused-ring (bicyclic) bond motifs is 1. The molecule has 4 atom stereocenters. The van der Waals surface area contributed by atoms with Gasteiger partial charge in [-0.15, -0.1) is 13.2 Å². The summed E-state index contributed by atoms with van der Waals surface area (Å²) in [5, 5.41) is 0. The molecular weight excluding hydrogens is 408 g/mol. The molecule has 0 bridgehead atoms. The quantitative estimate of drug-likeness (QED) is 0.693. The normalized spacial score (nSPS) is 28.3. The Morgan fingerprint density at radius 2 is 2.00 bits per heavy atom. The largest absolute Gasteiger partial charge is 0.522 e. The number of alkyl halides is 3. The SMILES string of the molecule is CC1c2c(c(=O)[nH]c(=O)n2C2CC2)C=C(F)C1N1CCC(C(N)COC(F)(F)F)C1. The number of halogens is 4. The maximum atomic E-state index is 15.1. The molecule has 11 heteroatoms. The van der Waals surface area contributed by atoms with E-state index in [0.717, 1.165) is 12.8 Å². The topological polar surface area (TPSA) is 93.4 Å². The van der Waals surface area contributed by atoms with Crippen LogP contribution in [0, 0.1) is 5.92 Å². The predicted octanol–water partition coefficient (Wildman–Crippen LogP) is 1.85. The van der Waals surface area contributed by atoms with Gasteiger partial charge in [-0.05, 0) is 37.8 Å². The van der Waals surface area contributed by atoms with Crippen molar-refractivity contribution >= 4 is 6.08 Å². The van der Waals surface area contributed by atoms with Gasteiger partial charge < -0.3 is 5.73 Å². The number of hydrogen-bond acceptors (Lipinski definition) is 5. The fourth-order valence-electron chi connectivity index (χ4n) is 4.73. The number of ether oxygens (including phenoxy) is 1. The lowest BCUT2D eigenvalue weighted by Crippen LogP contribution is -2.45.